The number of hydrogen-bond donors (Lipinski definition) is 1. The summed E-state index contributed by atoms with van der Waals surface area (Å²) in [4.78, 5) is 30.1. The molecule has 0 aliphatic rings. The summed E-state index contributed by atoms with van der Waals surface area (Å²) in [5.41, 5.74) is 2.94. The van der Waals surface area contributed by atoms with E-state index in [4.69, 9.17) is 16.3 Å². The maximum atomic E-state index is 14.6. The van der Waals surface area contributed by atoms with Crippen LogP contribution in [0, 0.1) is 6.92 Å². The monoisotopic (exact) mass is 675 g/mol. The van der Waals surface area contributed by atoms with Crippen LogP contribution in [-0.2, 0) is 32.6 Å². The fraction of sp³-hybridized carbons (Fsp3) is 0.297. The van der Waals surface area contributed by atoms with Crippen molar-refractivity contribution in [3.8, 4) is 5.75 Å². The van der Waals surface area contributed by atoms with Gasteiger partial charge >= 0.3 is 0 Å². The fourth-order valence-corrected chi connectivity index (χ4v) is 6.64. The van der Waals surface area contributed by atoms with Gasteiger partial charge in [0.05, 0.1) is 17.2 Å². The second kappa shape index (κ2) is 16.5. The average Bonchev–Trinajstić information content (AvgIpc) is 3.07. The number of nitrogens with one attached hydrogen (secondary N) is 1. The first-order valence-electron chi connectivity index (χ1n) is 15.7. The number of benzene rings is 4. The SMILES string of the molecule is CCOc1ccc(N(CC(=O)N(Cc2ccccc2C)[C@H](Cc2ccccc2)C(=O)N[C@@H](C)CC)S(=O)(=O)c2ccc(Cl)cc2)cc1. The summed E-state index contributed by atoms with van der Waals surface area (Å²) in [5.74, 6) is -0.268. The Hall–Kier alpha value is -4.34. The summed E-state index contributed by atoms with van der Waals surface area (Å²) in [6.07, 6.45) is 0.952. The van der Waals surface area contributed by atoms with Crippen LogP contribution in [0.3, 0.4) is 0 Å². The smallest absolute Gasteiger partial charge is 0.264 e. The average molecular weight is 676 g/mol. The van der Waals surface area contributed by atoms with Crippen molar-refractivity contribution in [3.63, 3.8) is 0 Å². The molecule has 0 unspecified atom stereocenters. The van der Waals surface area contributed by atoms with Gasteiger partial charge in [0.25, 0.3) is 10.0 Å². The Morgan fingerprint density at radius 1 is 0.872 bits per heavy atom. The second-order valence-electron chi connectivity index (χ2n) is 11.4. The van der Waals surface area contributed by atoms with Gasteiger partial charge in [0.15, 0.2) is 0 Å². The molecule has 10 heteroatoms. The van der Waals surface area contributed by atoms with Crippen molar-refractivity contribution in [1.82, 2.24) is 10.2 Å². The van der Waals surface area contributed by atoms with Gasteiger partial charge in [-0.3, -0.25) is 13.9 Å². The highest BCUT2D eigenvalue weighted by atomic mass is 35.5. The molecular formula is C37H42ClN3O5S. The highest BCUT2D eigenvalue weighted by Crippen LogP contribution is 2.28. The van der Waals surface area contributed by atoms with E-state index in [9.17, 15) is 18.0 Å². The Labute approximate surface area is 283 Å². The number of nitrogens with zero attached hydrogens (tertiary/aromatic N) is 2. The maximum Gasteiger partial charge on any atom is 0.264 e. The first-order valence-corrected chi connectivity index (χ1v) is 17.5. The Morgan fingerprint density at radius 3 is 2.13 bits per heavy atom. The summed E-state index contributed by atoms with van der Waals surface area (Å²) in [7, 11) is -4.25. The van der Waals surface area contributed by atoms with Gasteiger partial charge in [-0.2, -0.15) is 0 Å². The normalized spacial score (nSPS) is 12.5. The number of aryl methyl sites for hydroxylation is 1. The van der Waals surface area contributed by atoms with Crippen LogP contribution in [0.4, 0.5) is 5.69 Å². The molecule has 248 valence electrons. The molecule has 4 rings (SSSR count). The largest absolute Gasteiger partial charge is 0.494 e. The lowest BCUT2D eigenvalue weighted by atomic mass is 10.0. The molecular weight excluding hydrogens is 634 g/mol. The lowest BCUT2D eigenvalue weighted by molar-refractivity contribution is -0.140. The van der Waals surface area contributed by atoms with E-state index in [0.29, 0.717) is 23.8 Å². The van der Waals surface area contributed by atoms with Crippen LogP contribution in [0.15, 0.2) is 108 Å². The van der Waals surface area contributed by atoms with Crippen molar-refractivity contribution in [2.45, 2.75) is 64.1 Å². The molecule has 0 fully saturated rings. The molecule has 0 aliphatic carbocycles. The highest BCUT2D eigenvalue weighted by molar-refractivity contribution is 7.92. The molecule has 0 heterocycles. The van der Waals surface area contributed by atoms with Gasteiger partial charge in [0, 0.05) is 24.0 Å². The Kier molecular flexibility index (Phi) is 12.4. The molecule has 2 atom stereocenters. The highest BCUT2D eigenvalue weighted by Gasteiger charge is 2.35. The third kappa shape index (κ3) is 9.36. The summed E-state index contributed by atoms with van der Waals surface area (Å²) in [6, 6.07) is 28.4. The minimum absolute atomic E-state index is 0.0237. The van der Waals surface area contributed by atoms with Crippen LogP contribution in [-0.4, -0.2) is 50.4 Å². The summed E-state index contributed by atoms with van der Waals surface area (Å²) >= 11 is 6.08. The van der Waals surface area contributed by atoms with Crippen molar-refractivity contribution in [2.75, 3.05) is 17.5 Å². The Bertz CT molecular complexity index is 1730. The molecule has 2 amide bonds. The zero-order chi connectivity index (χ0) is 34.0. The Morgan fingerprint density at radius 2 is 1.51 bits per heavy atom. The van der Waals surface area contributed by atoms with E-state index in [1.54, 1.807) is 24.3 Å². The van der Waals surface area contributed by atoms with Crippen LogP contribution < -0.4 is 14.4 Å². The van der Waals surface area contributed by atoms with E-state index in [2.05, 4.69) is 5.32 Å². The van der Waals surface area contributed by atoms with Gasteiger partial charge in [-0.05, 0) is 92.4 Å². The lowest BCUT2D eigenvalue weighted by Crippen LogP contribution is -2.54. The van der Waals surface area contributed by atoms with Crippen LogP contribution in [0.2, 0.25) is 5.02 Å². The molecule has 4 aromatic rings. The summed E-state index contributed by atoms with van der Waals surface area (Å²) < 4.78 is 35.1. The molecule has 1 N–H and O–H groups in total. The van der Waals surface area contributed by atoms with Gasteiger partial charge in [0.1, 0.15) is 18.3 Å². The van der Waals surface area contributed by atoms with Gasteiger partial charge in [-0.25, -0.2) is 8.42 Å². The summed E-state index contributed by atoms with van der Waals surface area (Å²) in [6.45, 7) is 7.69. The molecule has 4 aromatic carbocycles. The fourth-order valence-electron chi connectivity index (χ4n) is 5.10. The van der Waals surface area contributed by atoms with Crippen LogP contribution >= 0.6 is 11.6 Å². The third-order valence-electron chi connectivity index (χ3n) is 7.99. The molecule has 0 bridgehead atoms. The number of hydrogen-bond acceptors (Lipinski definition) is 5. The lowest BCUT2D eigenvalue weighted by Gasteiger charge is -2.34. The topological polar surface area (TPSA) is 96.0 Å². The van der Waals surface area contributed by atoms with Crippen molar-refractivity contribution < 1.29 is 22.7 Å². The van der Waals surface area contributed by atoms with E-state index < -0.39 is 28.5 Å². The van der Waals surface area contributed by atoms with E-state index >= 15 is 0 Å². The molecule has 0 spiro atoms. The first-order chi connectivity index (χ1) is 22.5. The summed E-state index contributed by atoms with van der Waals surface area (Å²) in [5, 5.41) is 3.44. The molecule has 0 saturated heterocycles. The van der Waals surface area contributed by atoms with Crippen molar-refractivity contribution >= 4 is 39.1 Å². The first kappa shape index (κ1) is 35.5. The number of sulfonamides is 1. The standard InChI is InChI=1S/C37H42ClN3O5S/c1-5-28(4)39-37(43)35(24-29-13-8-7-9-14-29)40(25-30-15-11-10-12-27(30)3)36(42)26-41(32-18-20-33(21-19-32)46-6-2)47(44,45)34-22-16-31(38)17-23-34/h7-23,28,35H,5-6,24-26H2,1-4H3,(H,39,43)/t28-,35+/m0/s1. The zero-order valence-electron chi connectivity index (χ0n) is 27.2. The number of halogens is 1. The zero-order valence-corrected chi connectivity index (χ0v) is 28.8. The number of anilines is 1. The molecule has 47 heavy (non-hydrogen) atoms. The van der Waals surface area contributed by atoms with Crippen LogP contribution in [0.1, 0.15) is 43.9 Å². The second-order valence-corrected chi connectivity index (χ2v) is 13.7. The van der Waals surface area contributed by atoms with Crippen LogP contribution in [0.25, 0.3) is 0 Å². The molecule has 0 aromatic heterocycles. The molecule has 0 radical (unpaired) electrons. The van der Waals surface area contributed by atoms with Gasteiger partial charge in [-0.1, -0.05) is 73.1 Å². The predicted molar refractivity (Wildman–Crippen MR) is 187 cm³/mol. The van der Waals surface area contributed by atoms with E-state index in [-0.39, 0.29) is 35.5 Å². The van der Waals surface area contributed by atoms with E-state index in [0.717, 1.165) is 21.0 Å². The maximum absolute atomic E-state index is 14.6. The molecule has 8 nitrogen and oxygen atoms in total. The van der Waals surface area contributed by atoms with Gasteiger partial charge in [-0.15, -0.1) is 0 Å². The minimum atomic E-state index is -4.25. The number of carbonyl (C=O) groups is 2. The molecule has 0 aliphatic heterocycles. The van der Waals surface area contributed by atoms with Gasteiger partial charge in [0.2, 0.25) is 11.8 Å². The number of amides is 2. The van der Waals surface area contributed by atoms with Crippen molar-refractivity contribution in [3.05, 3.63) is 125 Å². The number of rotatable bonds is 15. The van der Waals surface area contributed by atoms with E-state index in [1.807, 2.05) is 82.3 Å². The number of carbonyl (C=O) groups excluding carboxylic acids is 2. The van der Waals surface area contributed by atoms with Gasteiger partial charge < -0.3 is 15.0 Å². The van der Waals surface area contributed by atoms with E-state index in [1.165, 1.54) is 29.2 Å². The number of ether oxygens (including phenoxy) is 1. The minimum Gasteiger partial charge on any atom is -0.494 e. The quantitative estimate of drug-likeness (QED) is 0.150. The van der Waals surface area contributed by atoms with Crippen molar-refractivity contribution in [2.24, 2.45) is 0 Å². The predicted octanol–water partition coefficient (Wildman–Crippen LogP) is 6.80. The van der Waals surface area contributed by atoms with Crippen molar-refractivity contribution in [1.29, 1.82) is 0 Å². The Balaban J connectivity index is 1.81. The third-order valence-corrected chi connectivity index (χ3v) is 10.0. The van der Waals surface area contributed by atoms with Crippen LogP contribution in [0.5, 0.6) is 5.75 Å². The molecule has 0 saturated carbocycles.